The summed E-state index contributed by atoms with van der Waals surface area (Å²) >= 11 is 6.23. The van der Waals surface area contributed by atoms with E-state index in [-0.39, 0.29) is 23.6 Å². The molecule has 1 saturated heterocycles. The molecule has 0 N–H and O–H groups in total. The maximum atomic E-state index is 14.2. The van der Waals surface area contributed by atoms with Crippen LogP contribution in [-0.4, -0.2) is 71.0 Å². The molecule has 3 aromatic rings. The fourth-order valence-corrected chi connectivity index (χ4v) is 3.43. The normalized spacial score (nSPS) is 18.4. The average Bonchev–Trinajstić information content (AvgIpc) is 3.29. The minimum atomic E-state index is -3.00. The lowest BCUT2D eigenvalue weighted by molar-refractivity contribution is -0.0889. The summed E-state index contributed by atoms with van der Waals surface area (Å²) < 4.78 is 45.0. The van der Waals surface area contributed by atoms with Crippen molar-refractivity contribution in [2.75, 3.05) is 39.3 Å². The zero-order valence-electron chi connectivity index (χ0n) is 15.8. The molecule has 29 heavy (non-hydrogen) atoms. The Morgan fingerprint density at radius 1 is 1.17 bits per heavy atom. The molecule has 1 unspecified atom stereocenters. The fraction of sp³-hybridized carbons (Fsp3) is 0.412. The van der Waals surface area contributed by atoms with E-state index in [1.165, 1.54) is 43.1 Å². The number of hydrogen-bond donors (Lipinski definition) is 0. The van der Waals surface area contributed by atoms with Crippen LogP contribution in [0.15, 0.2) is 18.5 Å². The first-order chi connectivity index (χ1) is 13.9. The topological polar surface area (TPSA) is 86.9 Å². The van der Waals surface area contributed by atoms with Gasteiger partial charge in [-0.25, -0.2) is 23.3 Å². The van der Waals surface area contributed by atoms with E-state index in [4.69, 9.17) is 25.8 Å². The van der Waals surface area contributed by atoms with Gasteiger partial charge in [0.05, 0.1) is 39.1 Å². The average molecular weight is 427 g/mol. The summed E-state index contributed by atoms with van der Waals surface area (Å²) in [7, 11) is 4.16. The van der Waals surface area contributed by atoms with Crippen LogP contribution in [0, 0.1) is 0 Å². The van der Waals surface area contributed by atoms with Crippen LogP contribution < -0.4 is 14.4 Å². The van der Waals surface area contributed by atoms with Crippen molar-refractivity contribution < 1.29 is 23.0 Å². The number of hydrogen-bond acceptors (Lipinski definition) is 8. The Hall–Kier alpha value is -2.79. The molecule has 1 aliphatic rings. The van der Waals surface area contributed by atoms with Gasteiger partial charge in [0.15, 0.2) is 5.82 Å². The second-order valence-electron chi connectivity index (χ2n) is 6.38. The quantitative estimate of drug-likeness (QED) is 0.614. The van der Waals surface area contributed by atoms with Gasteiger partial charge in [-0.3, -0.25) is 0 Å². The van der Waals surface area contributed by atoms with Crippen molar-refractivity contribution in [3.05, 3.63) is 23.6 Å². The van der Waals surface area contributed by atoms with E-state index in [0.29, 0.717) is 22.6 Å². The van der Waals surface area contributed by atoms with Crippen LogP contribution in [0.4, 0.5) is 14.6 Å². The Balaban J connectivity index is 1.81. The molecule has 0 aliphatic carbocycles. The molecule has 0 bridgehead atoms. The monoisotopic (exact) mass is 426 g/mol. The highest BCUT2D eigenvalue weighted by Gasteiger charge is 2.49. The third-order valence-electron chi connectivity index (χ3n) is 4.66. The molecule has 0 radical (unpaired) electrons. The lowest BCUT2D eigenvalue weighted by atomic mass is 10.2. The van der Waals surface area contributed by atoms with Crippen molar-refractivity contribution in [1.82, 2.24) is 24.6 Å². The van der Waals surface area contributed by atoms with Crippen LogP contribution in [0.25, 0.3) is 16.8 Å². The van der Waals surface area contributed by atoms with Gasteiger partial charge < -0.3 is 19.1 Å². The van der Waals surface area contributed by atoms with Crippen molar-refractivity contribution in [3.63, 3.8) is 0 Å². The number of rotatable bonds is 5. The molecule has 0 spiro atoms. The number of methoxy groups -OCH3 is 3. The summed E-state index contributed by atoms with van der Waals surface area (Å²) in [6.07, 6.45) is 1.64. The zero-order chi connectivity index (χ0) is 20.8. The van der Waals surface area contributed by atoms with Crippen molar-refractivity contribution >= 4 is 22.9 Å². The molecule has 154 valence electrons. The number of halogens is 3. The summed E-state index contributed by atoms with van der Waals surface area (Å²) in [6, 6.07) is 1.81. The second kappa shape index (κ2) is 7.23. The van der Waals surface area contributed by atoms with E-state index in [1.807, 2.05) is 0 Å². The van der Waals surface area contributed by atoms with Gasteiger partial charge in [0.2, 0.25) is 5.88 Å². The Labute approximate surface area is 169 Å². The molecule has 0 aromatic carbocycles. The molecule has 4 rings (SSSR count). The highest BCUT2D eigenvalue weighted by Crippen LogP contribution is 2.36. The van der Waals surface area contributed by atoms with Gasteiger partial charge in [-0.15, -0.1) is 0 Å². The van der Waals surface area contributed by atoms with Crippen LogP contribution in [-0.2, 0) is 4.74 Å². The molecule has 0 amide bonds. The van der Waals surface area contributed by atoms with Gasteiger partial charge in [-0.1, -0.05) is 11.6 Å². The molecule has 1 aliphatic heterocycles. The number of ether oxygens (including phenoxy) is 3. The number of anilines is 1. The van der Waals surface area contributed by atoms with E-state index < -0.39 is 18.6 Å². The number of nitrogens with zero attached hydrogens (tertiary/aromatic N) is 6. The highest BCUT2D eigenvalue weighted by atomic mass is 35.5. The van der Waals surface area contributed by atoms with Crippen LogP contribution in [0.1, 0.15) is 0 Å². The Morgan fingerprint density at radius 2 is 1.97 bits per heavy atom. The Morgan fingerprint density at radius 3 is 2.62 bits per heavy atom. The molecule has 12 heteroatoms. The van der Waals surface area contributed by atoms with E-state index >= 15 is 0 Å². The largest absolute Gasteiger partial charge is 0.480 e. The second-order valence-corrected chi connectivity index (χ2v) is 6.76. The molecular formula is C17H17ClF2N6O3. The standard InChI is InChI=1S/C17H17ClF2N6O3/c1-27-12-7-25(8-17(12,19)20)14-11-4-10(24-26(11)13(18)6-21-14)9-5-22-16(29-3)23-15(9)28-2/h4-6,12H,7-8H2,1-3H3. The van der Waals surface area contributed by atoms with Gasteiger partial charge >= 0.3 is 6.01 Å². The minimum Gasteiger partial charge on any atom is -0.480 e. The van der Waals surface area contributed by atoms with E-state index in [2.05, 4.69) is 20.1 Å². The SMILES string of the molecule is COc1ncc(-c2cc3c(N4CC(OC)C(F)(F)C4)ncc(Cl)n3n2)c(OC)n1. The molecule has 9 nitrogen and oxygen atoms in total. The summed E-state index contributed by atoms with van der Waals surface area (Å²) in [5.41, 5.74) is 1.38. The van der Waals surface area contributed by atoms with Crippen molar-refractivity contribution in [2.24, 2.45) is 0 Å². The first-order valence-electron chi connectivity index (χ1n) is 8.53. The summed E-state index contributed by atoms with van der Waals surface area (Å²) in [6.45, 7) is -0.533. The molecule has 0 saturated carbocycles. The van der Waals surface area contributed by atoms with Crippen molar-refractivity contribution in [1.29, 1.82) is 0 Å². The lowest BCUT2D eigenvalue weighted by Gasteiger charge is -2.17. The fourth-order valence-electron chi connectivity index (χ4n) is 3.26. The third kappa shape index (κ3) is 3.29. The summed E-state index contributed by atoms with van der Waals surface area (Å²) in [5, 5.41) is 4.67. The highest BCUT2D eigenvalue weighted by molar-refractivity contribution is 6.29. The Kier molecular flexibility index (Phi) is 4.87. The minimum absolute atomic E-state index is 0.0106. The van der Waals surface area contributed by atoms with E-state index in [1.54, 1.807) is 6.07 Å². The number of alkyl halides is 2. The van der Waals surface area contributed by atoms with Crippen LogP contribution >= 0.6 is 11.6 Å². The first-order valence-corrected chi connectivity index (χ1v) is 8.91. The summed E-state index contributed by atoms with van der Waals surface area (Å²) in [4.78, 5) is 13.9. The zero-order valence-corrected chi connectivity index (χ0v) is 16.5. The van der Waals surface area contributed by atoms with Gasteiger partial charge in [0.25, 0.3) is 5.92 Å². The number of fused-ring (bicyclic) bond motifs is 1. The van der Waals surface area contributed by atoms with E-state index in [9.17, 15) is 8.78 Å². The smallest absolute Gasteiger partial charge is 0.319 e. The van der Waals surface area contributed by atoms with Gasteiger partial charge in [-0.05, 0) is 6.07 Å². The molecule has 1 atom stereocenters. The van der Waals surface area contributed by atoms with E-state index in [0.717, 1.165) is 0 Å². The van der Waals surface area contributed by atoms with Gasteiger partial charge in [-0.2, -0.15) is 10.1 Å². The molecule has 3 aromatic heterocycles. The maximum absolute atomic E-state index is 14.2. The Bertz CT molecular complexity index is 1060. The van der Waals surface area contributed by atoms with Crippen molar-refractivity contribution in [2.45, 2.75) is 12.0 Å². The van der Waals surface area contributed by atoms with Crippen LogP contribution in [0.2, 0.25) is 5.15 Å². The number of aromatic nitrogens is 5. The van der Waals surface area contributed by atoms with Crippen molar-refractivity contribution in [3.8, 4) is 23.1 Å². The maximum Gasteiger partial charge on any atom is 0.319 e. The molecule has 1 fully saturated rings. The first kappa shape index (κ1) is 19.5. The lowest BCUT2D eigenvalue weighted by Crippen LogP contribution is -2.33. The van der Waals surface area contributed by atoms with Crippen LogP contribution in [0.5, 0.6) is 11.9 Å². The predicted octanol–water partition coefficient (Wildman–Crippen LogP) is 2.33. The van der Waals surface area contributed by atoms with Gasteiger partial charge in [0.1, 0.15) is 22.5 Å². The van der Waals surface area contributed by atoms with Crippen LogP contribution in [0.3, 0.4) is 0 Å². The predicted molar refractivity (Wildman–Crippen MR) is 100 cm³/mol. The molecule has 4 heterocycles. The third-order valence-corrected chi connectivity index (χ3v) is 4.92. The molecular weight excluding hydrogens is 410 g/mol. The summed E-state index contributed by atoms with van der Waals surface area (Å²) in [5.74, 6) is -2.43. The van der Waals surface area contributed by atoms with Gasteiger partial charge in [0, 0.05) is 13.3 Å².